The van der Waals surface area contributed by atoms with Gasteiger partial charge in [-0.2, -0.15) is 0 Å². The Morgan fingerprint density at radius 1 is 1.00 bits per heavy atom. The SMILES string of the molecule is CC(C)CN1C(=O)[C@H]2[C@@H](ON(c3ccccc3)[C@H]2c2ccc(F)cc2)C1=O. The van der Waals surface area contributed by atoms with Crippen LogP contribution in [0.3, 0.4) is 0 Å². The van der Waals surface area contributed by atoms with Gasteiger partial charge in [0.05, 0.1) is 11.7 Å². The highest BCUT2D eigenvalue weighted by molar-refractivity contribution is 6.07. The van der Waals surface area contributed by atoms with Crippen LogP contribution in [0.1, 0.15) is 25.5 Å². The van der Waals surface area contributed by atoms with Gasteiger partial charge in [-0.25, -0.2) is 9.45 Å². The van der Waals surface area contributed by atoms with Gasteiger partial charge < -0.3 is 0 Å². The third-order valence-electron chi connectivity index (χ3n) is 4.98. The van der Waals surface area contributed by atoms with Crippen molar-refractivity contribution >= 4 is 17.5 Å². The van der Waals surface area contributed by atoms with E-state index in [9.17, 15) is 14.0 Å². The molecule has 2 aliphatic heterocycles. The van der Waals surface area contributed by atoms with E-state index in [1.54, 1.807) is 17.2 Å². The van der Waals surface area contributed by atoms with Gasteiger partial charge in [0, 0.05) is 6.54 Å². The second kappa shape index (κ2) is 6.78. The summed E-state index contributed by atoms with van der Waals surface area (Å²) in [6.45, 7) is 4.29. The number of imide groups is 1. The van der Waals surface area contributed by atoms with Crippen molar-refractivity contribution in [2.24, 2.45) is 11.8 Å². The molecule has 0 unspecified atom stereocenters. The highest BCUT2D eigenvalue weighted by Gasteiger charge is 2.59. The maximum atomic E-state index is 13.4. The van der Waals surface area contributed by atoms with Crippen molar-refractivity contribution in [1.82, 2.24) is 4.90 Å². The van der Waals surface area contributed by atoms with E-state index >= 15 is 0 Å². The van der Waals surface area contributed by atoms with Gasteiger partial charge in [-0.1, -0.05) is 44.2 Å². The third kappa shape index (κ3) is 3.00. The minimum Gasteiger partial charge on any atom is -0.280 e. The summed E-state index contributed by atoms with van der Waals surface area (Å²) in [5, 5.41) is 1.62. The molecule has 3 atom stereocenters. The molecule has 0 N–H and O–H groups in total. The lowest BCUT2D eigenvalue weighted by atomic mass is 9.90. The molecule has 0 aliphatic carbocycles. The fraction of sp³-hybridized carbons (Fsp3) is 0.333. The molecule has 0 radical (unpaired) electrons. The summed E-state index contributed by atoms with van der Waals surface area (Å²) in [7, 11) is 0. The van der Waals surface area contributed by atoms with E-state index < -0.39 is 18.1 Å². The van der Waals surface area contributed by atoms with E-state index in [4.69, 9.17) is 4.84 Å². The zero-order chi connectivity index (χ0) is 19.1. The van der Waals surface area contributed by atoms with E-state index in [1.807, 2.05) is 44.2 Å². The Kier molecular flexibility index (Phi) is 4.44. The van der Waals surface area contributed by atoms with Crippen molar-refractivity contribution in [1.29, 1.82) is 0 Å². The molecule has 2 aromatic rings. The van der Waals surface area contributed by atoms with Gasteiger partial charge in [0.1, 0.15) is 11.7 Å². The molecule has 0 saturated carbocycles. The number of carbonyl (C=O) groups excluding carboxylic acids is 2. The van der Waals surface area contributed by atoms with E-state index in [1.165, 1.54) is 17.0 Å². The molecule has 2 fully saturated rings. The number of hydroxylamine groups is 1. The molecule has 0 spiro atoms. The topological polar surface area (TPSA) is 49.9 Å². The van der Waals surface area contributed by atoms with Crippen LogP contribution in [0.2, 0.25) is 0 Å². The number of halogens is 1. The van der Waals surface area contributed by atoms with Crippen LogP contribution in [0.15, 0.2) is 54.6 Å². The van der Waals surface area contributed by atoms with E-state index in [2.05, 4.69) is 0 Å². The van der Waals surface area contributed by atoms with Gasteiger partial charge in [0.15, 0.2) is 6.10 Å². The number of hydrogen-bond donors (Lipinski definition) is 0. The summed E-state index contributed by atoms with van der Waals surface area (Å²) in [5.41, 5.74) is 1.48. The molecule has 2 saturated heterocycles. The second-order valence-electron chi connectivity index (χ2n) is 7.39. The number of rotatable bonds is 4. The Hall–Kier alpha value is -2.73. The van der Waals surface area contributed by atoms with Gasteiger partial charge in [-0.3, -0.25) is 19.3 Å². The molecule has 0 bridgehead atoms. The third-order valence-corrected chi connectivity index (χ3v) is 4.98. The first kappa shape index (κ1) is 17.7. The van der Waals surface area contributed by atoms with E-state index in [-0.39, 0.29) is 23.5 Å². The minimum absolute atomic E-state index is 0.172. The van der Waals surface area contributed by atoms with Crippen molar-refractivity contribution in [3.63, 3.8) is 0 Å². The summed E-state index contributed by atoms with van der Waals surface area (Å²) < 4.78 is 13.4. The summed E-state index contributed by atoms with van der Waals surface area (Å²) in [6, 6.07) is 14.8. The molecular weight excluding hydrogens is 347 g/mol. The molecule has 2 aromatic carbocycles. The van der Waals surface area contributed by atoms with Crippen molar-refractivity contribution in [2.45, 2.75) is 26.0 Å². The number of para-hydroxylation sites is 1. The summed E-state index contributed by atoms with van der Waals surface area (Å²) in [6.07, 6.45) is -0.855. The molecule has 2 heterocycles. The molecule has 0 aromatic heterocycles. The monoisotopic (exact) mass is 368 g/mol. The van der Waals surface area contributed by atoms with E-state index in [0.717, 1.165) is 11.3 Å². The lowest BCUT2D eigenvalue weighted by Crippen LogP contribution is -2.39. The average molecular weight is 368 g/mol. The summed E-state index contributed by atoms with van der Waals surface area (Å²) in [5.74, 6) is -1.36. The van der Waals surface area contributed by atoms with Crippen molar-refractivity contribution < 1.29 is 18.8 Å². The predicted molar refractivity (Wildman–Crippen MR) is 98.0 cm³/mol. The zero-order valence-electron chi connectivity index (χ0n) is 15.2. The Labute approximate surface area is 157 Å². The van der Waals surface area contributed by atoms with Gasteiger partial charge >= 0.3 is 0 Å². The number of amides is 2. The number of carbonyl (C=O) groups is 2. The van der Waals surface area contributed by atoms with Crippen LogP contribution in [0.4, 0.5) is 10.1 Å². The Balaban J connectivity index is 1.76. The lowest BCUT2D eigenvalue weighted by Gasteiger charge is -2.29. The van der Waals surface area contributed by atoms with Crippen LogP contribution in [0.5, 0.6) is 0 Å². The lowest BCUT2D eigenvalue weighted by molar-refractivity contribution is -0.143. The first-order valence-electron chi connectivity index (χ1n) is 9.09. The van der Waals surface area contributed by atoms with Gasteiger partial charge in [-0.05, 0) is 35.7 Å². The standard InChI is InChI=1S/C21H21FN2O3/c1-13(2)12-23-20(25)17-18(14-8-10-15(22)11-9-14)24(27-19(17)21(23)26)16-6-4-3-5-7-16/h3-11,13,17-19H,12H2,1-2H3/t17-,18+,19-/m1/s1. The molecule has 6 heteroatoms. The van der Waals surface area contributed by atoms with Crippen molar-refractivity contribution in [3.05, 3.63) is 66.0 Å². The van der Waals surface area contributed by atoms with Crippen molar-refractivity contribution in [2.75, 3.05) is 11.6 Å². The van der Waals surface area contributed by atoms with Gasteiger partial charge in [0.25, 0.3) is 5.91 Å². The molecule has 2 aliphatic rings. The van der Waals surface area contributed by atoms with E-state index in [0.29, 0.717) is 6.54 Å². The number of benzene rings is 2. The largest absolute Gasteiger partial charge is 0.280 e. The maximum Gasteiger partial charge on any atom is 0.262 e. The summed E-state index contributed by atoms with van der Waals surface area (Å²) >= 11 is 0. The fourth-order valence-electron chi connectivity index (χ4n) is 3.81. The van der Waals surface area contributed by atoms with Crippen LogP contribution in [-0.4, -0.2) is 29.4 Å². The van der Waals surface area contributed by atoms with Crippen LogP contribution < -0.4 is 5.06 Å². The first-order chi connectivity index (χ1) is 13.0. The highest BCUT2D eigenvalue weighted by atomic mass is 19.1. The van der Waals surface area contributed by atoms with Gasteiger partial charge in [0.2, 0.25) is 5.91 Å². The van der Waals surface area contributed by atoms with Crippen LogP contribution in [0.25, 0.3) is 0 Å². The maximum absolute atomic E-state index is 13.4. The molecule has 4 rings (SSSR count). The fourth-order valence-corrected chi connectivity index (χ4v) is 3.81. The normalized spacial score (nSPS) is 24.8. The smallest absolute Gasteiger partial charge is 0.262 e. The van der Waals surface area contributed by atoms with Crippen LogP contribution in [0, 0.1) is 17.7 Å². The highest BCUT2D eigenvalue weighted by Crippen LogP contribution is 2.46. The number of anilines is 1. The number of nitrogens with zero attached hydrogens (tertiary/aromatic N) is 2. The van der Waals surface area contributed by atoms with Crippen LogP contribution in [-0.2, 0) is 14.4 Å². The zero-order valence-corrected chi connectivity index (χ0v) is 15.2. The molecule has 140 valence electrons. The number of fused-ring (bicyclic) bond motifs is 1. The Morgan fingerprint density at radius 3 is 2.30 bits per heavy atom. The van der Waals surface area contributed by atoms with Gasteiger partial charge in [-0.15, -0.1) is 0 Å². The Morgan fingerprint density at radius 2 is 1.67 bits per heavy atom. The van der Waals surface area contributed by atoms with Crippen LogP contribution >= 0.6 is 0 Å². The first-order valence-corrected chi connectivity index (χ1v) is 9.09. The average Bonchev–Trinajstić information content (AvgIpc) is 3.15. The minimum atomic E-state index is -0.855. The molecule has 27 heavy (non-hydrogen) atoms. The molecular formula is C21H21FN2O3. The quantitative estimate of drug-likeness (QED) is 0.777. The number of hydrogen-bond acceptors (Lipinski definition) is 4. The predicted octanol–water partition coefficient (Wildman–Crippen LogP) is 3.33. The second-order valence-corrected chi connectivity index (χ2v) is 7.39. The Bertz CT molecular complexity index is 853. The van der Waals surface area contributed by atoms with Crippen molar-refractivity contribution in [3.8, 4) is 0 Å². The summed E-state index contributed by atoms with van der Waals surface area (Å²) in [4.78, 5) is 33.2. The molecule has 2 amide bonds. The number of likely N-dealkylation sites (tertiary alicyclic amines) is 1. The molecule has 5 nitrogen and oxygen atoms in total.